The molecule has 1 aromatic heterocycles. The Hall–Kier alpha value is -3.32. The van der Waals surface area contributed by atoms with Crippen LogP contribution in [0.15, 0.2) is 48.8 Å². The van der Waals surface area contributed by atoms with Crippen LogP contribution in [0.25, 0.3) is 11.1 Å². The van der Waals surface area contributed by atoms with E-state index in [2.05, 4.69) is 38.4 Å². The maximum absolute atomic E-state index is 13.3. The summed E-state index contributed by atoms with van der Waals surface area (Å²) in [5.74, 6) is 0.735. The zero-order valence-corrected chi connectivity index (χ0v) is 21.1. The summed E-state index contributed by atoms with van der Waals surface area (Å²) in [5, 5.41) is 7.51. The maximum atomic E-state index is 13.3. The fourth-order valence-electron chi connectivity index (χ4n) is 4.87. The summed E-state index contributed by atoms with van der Waals surface area (Å²) in [7, 11) is 1.90. The summed E-state index contributed by atoms with van der Waals surface area (Å²) in [6.07, 6.45) is 5.14. The summed E-state index contributed by atoms with van der Waals surface area (Å²) < 4.78 is 7.61. The van der Waals surface area contributed by atoms with Gasteiger partial charge in [0.15, 0.2) is 0 Å². The third-order valence-electron chi connectivity index (χ3n) is 7.23. The SMILES string of the molecule is CCOc1cc(-c2cnn(C)c2)cc([C@@H](C)NC(=O)c2cc(N3CC(N4CCC4)C3)ccc2C)c1. The van der Waals surface area contributed by atoms with E-state index in [1.54, 1.807) is 4.68 Å². The van der Waals surface area contributed by atoms with Gasteiger partial charge < -0.3 is 15.0 Å². The second-order valence-corrected chi connectivity index (χ2v) is 9.77. The number of carbonyl (C=O) groups is 1. The Bertz CT molecular complexity index is 1210. The summed E-state index contributed by atoms with van der Waals surface area (Å²) in [5.41, 5.74) is 5.88. The van der Waals surface area contributed by atoms with Crippen LogP contribution in [0.2, 0.25) is 0 Å². The number of benzene rings is 2. The van der Waals surface area contributed by atoms with Crippen molar-refractivity contribution in [2.45, 2.75) is 39.3 Å². The highest BCUT2D eigenvalue weighted by Gasteiger charge is 2.34. The van der Waals surface area contributed by atoms with Crippen molar-refractivity contribution in [1.29, 1.82) is 0 Å². The highest BCUT2D eigenvalue weighted by molar-refractivity contribution is 5.97. The average Bonchev–Trinajstić information content (AvgIpc) is 3.21. The first-order valence-corrected chi connectivity index (χ1v) is 12.6. The lowest BCUT2D eigenvalue weighted by Crippen LogP contribution is -2.62. The van der Waals surface area contributed by atoms with Crippen molar-refractivity contribution < 1.29 is 9.53 Å². The molecule has 0 bridgehead atoms. The molecule has 2 aromatic carbocycles. The Labute approximate surface area is 207 Å². The van der Waals surface area contributed by atoms with E-state index in [1.165, 1.54) is 19.5 Å². The van der Waals surface area contributed by atoms with Gasteiger partial charge in [0, 0.05) is 49.2 Å². The predicted octanol–water partition coefficient (Wildman–Crippen LogP) is 4.18. The smallest absolute Gasteiger partial charge is 0.252 e. The van der Waals surface area contributed by atoms with Crippen LogP contribution in [0.3, 0.4) is 0 Å². The van der Waals surface area contributed by atoms with E-state index in [9.17, 15) is 4.79 Å². The number of nitrogens with zero attached hydrogens (tertiary/aromatic N) is 4. The second-order valence-electron chi connectivity index (χ2n) is 9.77. The summed E-state index contributed by atoms with van der Waals surface area (Å²) in [6, 6.07) is 12.8. The van der Waals surface area contributed by atoms with Crippen LogP contribution < -0.4 is 15.0 Å². The third kappa shape index (κ3) is 4.91. The minimum absolute atomic E-state index is 0.0543. The normalized spacial score (nSPS) is 17.0. The zero-order valence-electron chi connectivity index (χ0n) is 21.1. The largest absolute Gasteiger partial charge is 0.494 e. The van der Waals surface area contributed by atoms with Crippen LogP contribution >= 0.6 is 0 Å². The number of rotatable bonds is 8. The fourth-order valence-corrected chi connectivity index (χ4v) is 4.87. The third-order valence-corrected chi connectivity index (χ3v) is 7.23. The van der Waals surface area contributed by atoms with Crippen molar-refractivity contribution in [3.63, 3.8) is 0 Å². The monoisotopic (exact) mass is 473 g/mol. The number of carbonyl (C=O) groups excluding carboxylic acids is 1. The molecule has 184 valence electrons. The van der Waals surface area contributed by atoms with Gasteiger partial charge in [0.2, 0.25) is 0 Å². The fraction of sp³-hybridized carbons (Fsp3) is 0.429. The zero-order chi connectivity index (χ0) is 24.5. The molecule has 2 aliphatic heterocycles. The molecular weight excluding hydrogens is 438 g/mol. The molecule has 0 aliphatic carbocycles. The van der Waals surface area contributed by atoms with Crippen LogP contribution in [0, 0.1) is 6.92 Å². The van der Waals surface area contributed by atoms with Gasteiger partial charge in [-0.25, -0.2) is 0 Å². The van der Waals surface area contributed by atoms with Crippen LogP contribution in [0.5, 0.6) is 5.75 Å². The summed E-state index contributed by atoms with van der Waals surface area (Å²) in [6.45, 7) is 11.1. The van der Waals surface area contributed by atoms with Gasteiger partial charge in [0.1, 0.15) is 5.75 Å². The Morgan fingerprint density at radius 1 is 1.17 bits per heavy atom. The van der Waals surface area contributed by atoms with E-state index < -0.39 is 0 Å². The van der Waals surface area contributed by atoms with Crippen LogP contribution in [0.1, 0.15) is 47.8 Å². The van der Waals surface area contributed by atoms with Gasteiger partial charge in [-0.05, 0) is 87.3 Å². The number of anilines is 1. The molecule has 0 radical (unpaired) electrons. The second kappa shape index (κ2) is 9.74. The molecule has 1 atom stereocenters. The van der Waals surface area contributed by atoms with Crippen molar-refractivity contribution in [3.05, 3.63) is 65.5 Å². The predicted molar refractivity (Wildman–Crippen MR) is 139 cm³/mol. The lowest BCUT2D eigenvalue weighted by atomic mass is 9.99. The topological polar surface area (TPSA) is 62.6 Å². The van der Waals surface area contributed by atoms with Crippen molar-refractivity contribution in [2.75, 3.05) is 37.7 Å². The number of likely N-dealkylation sites (tertiary alicyclic amines) is 1. The van der Waals surface area contributed by atoms with Gasteiger partial charge >= 0.3 is 0 Å². The highest BCUT2D eigenvalue weighted by Crippen LogP contribution is 2.30. The van der Waals surface area contributed by atoms with Gasteiger partial charge in [0.25, 0.3) is 5.91 Å². The van der Waals surface area contributed by atoms with Crippen LogP contribution in [0.4, 0.5) is 5.69 Å². The summed E-state index contributed by atoms with van der Waals surface area (Å²) >= 11 is 0. The van der Waals surface area contributed by atoms with Crippen molar-refractivity contribution in [3.8, 4) is 16.9 Å². The number of hydrogen-bond donors (Lipinski definition) is 1. The number of hydrogen-bond acceptors (Lipinski definition) is 5. The molecule has 3 heterocycles. The van der Waals surface area contributed by atoms with E-state index in [-0.39, 0.29) is 11.9 Å². The van der Waals surface area contributed by atoms with E-state index in [0.29, 0.717) is 12.6 Å². The molecule has 35 heavy (non-hydrogen) atoms. The van der Waals surface area contributed by atoms with Gasteiger partial charge in [-0.2, -0.15) is 5.10 Å². The van der Waals surface area contributed by atoms with Gasteiger partial charge in [-0.3, -0.25) is 14.4 Å². The van der Waals surface area contributed by atoms with Gasteiger partial charge in [0.05, 0.1) is 18.8 Å². The number of amides is 1. The first-order valence-electron chi connectivity index (χ1n) is 12.6. The average molecular weight is 474 g/mol. The van der Waals surface area contributed by atoms with Gasteiger partial charge in [-0.1, -0.05) is 6.07 Å². The minimum Gasteiger partial charge on any atom is -0.494 e. The first kappa shape index (κ1) is 23.4. The molecule has 1 amide bonds. The maximum Gasteiger partial charge on any atom is 0.252 e. The standard InChI is InChI=1S/C28H35N5O2/c1-5-35-26-12-21(11-22(13-26)23-15-29-31(4)16-23)20(3)30-28(34)27-14-24(8-7-19(27)2)33-17-25(18-33)32-9-6-10-32/h7-8,11-16,20,25H,5-6,9-10,17-18H2,1-4H3,(H,30,34)/t20-/m1/s1. The van der Waals surface area contributed by atoms with E-state index in [4.69, 9.17) is 4.74 Å². The molecule has 2 saturated heterocycles. The van der Waals surface area contributed by atoms with Crippen LogP contribution in [-0.4, -0.2) is 59.4 Å². The quantitative estimate of drug-likeness (QED) is 0.532. The molecular formula is C28H35N5O2. The number of nitrogens with one attached hydrogen (secondary N) is 1. The number of aromatic nitrogens is 2. The van der Waals surface area contributed by atoms with E-state index in [0.717, 1.165) is 52.3 Å². The minimum atomic E-state index is -0.179. The highest BCUT2D eigenvalue weighted by atomic mass is 16.5. The van der Waals surface area contributed by atoms with E-state index >= 15 is 0 Å². The number of aryl methyl sites for hydroxylation is 2. The molecule has 1 N–H and O–H groups in total. The Kier molecular flexibility index (Phi) is 6.52. The molecule has 0 spiro atoms. The van der Waals surface area contributed by atoms with Crippen molar-refractivity contribution in [2.24, 2.45) is 7.05 Å². The van der Waals surface area contributed by atoms with E-state index in [1.807, 2.05) is 58.4 Å². The van der Waals surface area contributed by atoms with Crippen molar-refractivity contribution in [1.82, 2.24) is 20.0 Å². The Morgan fingerprint density at radius 3 is 2.63 bits per heavy atom. The lowest BCUT2D eigenvalue weighted by Gasteiger charge is -2.50. The molecule has 7 heteroatoms. The summed E-state index contributed by atoms with van der Waals surface area (Å²) in [4.78, 5) is 18.3. The number of ether oxygens (including phenoxy) is 1. The molecule has 3 aromatic rings. The van der Waals surface area contributed by atoms with Crippen LogP contribution in [-0.2, 0) is 7.05 Å². The Morgan fingerprint density at radius 2 is 1.97 bits per heavy atom. The molecule has 7 nitrogen and oxygen atoms in total. The molecule has 0 saturated carbocycles. The Balaban J connectivity index is 1.32. The van der Waals surface area contributed by atoms with Gasteiger partial charge in [-0.15, -0.1) is 0 Å². The molecule has 5 rings (SSSR count). The molecule has 2 aliphatic rings. The molecule has 0 unspecified atom stereocenters. The lowest BCUT2D eigenvalue weighted by molar-refractivity contribution is 0.0938. The van der Waals surface area contributed by atoms with Crippen molar-refractivity contribution >= 4 is 11.6 Å². The molecule has 2 fully saturated rings. The first-order chi connectivity index (χ1) is 16.9.